The van der Waals surface area contributed by atoms with Gasteiger partial charge in [0.25, 0.3) is 9.70 Å². The number of primary amides is 1. The van der Waals surface area contributed by atoms with Gasteiger partial charge in [0.1, 0.15) is 12.7 Å². The number of allylic oxidation sites excluding steroid dienone is 2. The number of amides is 1. The quantitative estimate of drug-likeness (QED) is 0.103. The highest BCUT2D eigenvalue weighted by Gasteiger charge is 2.55. The third-order valence-electron chi connectivity index (χ3n) is 8.18. The predicted molar refractivity (Wildman–Crippen MR) is 211 cm³/mol. The van der Waals surface area contributed by atoms with Gasteiger partial charge in [0, 0.05) is 0 Å². The van der Waals surface area contributed by atoms with Crippen LogP contribution in [0, 0.1) is 0 Å². The van der Waals surface area contributed by atoms with Crippen LogP contribution in [0.2, 0.25) is 0 Å². The van der Waals surface area contributed by atoms with Gasteiger partial charge < -0.3 is 38.9 Å². The van der Waals surface area contributed by atoms with E-state index in [0.29, 0.717) is 0 Å². The minimum absolute atomic E-state index is 0.112. The Kier molecular flexibility index (Phi) is 15.6. The fraction of sp³-hybridized carbons (Fsp3) is 0.190. The van der Waals surface area contributed by atoms with E-state index in [9.17, 15) is 28.8 Å². The Bertz CT molecular complexity index is 2130. The fourth-order valence-electron chi connectivity index (χ4n) is 5.32. The van der Waals surface area contributed by atoms with E-state index in [1.54, 1.807) is 84.9 Å². The van der Waals surface area contributed by atoms with Crippen molar-refractivity contribution in [2.45, 2.75) is 40.6 Å². The molecule has 6 atom stereocenters. The topological polar surface area (TPSA) is 193 Å². The summed E-state index contributed by atoms with van der Waals surface area (Å²) in [5.74, 6) is -5.28. The van der Waals surface area contributed by atoms with Crippen molar-refractivity contribution in [2.75, 3.05) is 6.61 Å². The molecule has 6 rings (SSSR count). The lowest BCUT2D eigenvalue weighted by Gasteiger charge is -2.44. The monoisotopic (exact) mass is 865 g/mol. The first-order chi connectivity index (χ1) is 28.3. The molecule has 2 N–H and O–H groups in total. The van der Waals surface area contributed by atoms with Crippen LogP contribution < -0.4 is 5.73 Å². The number of nitrogens with two attached hydrogens (primary N) is 1. The maximum absolute atomic E-state index is 13.7. The second-order valence-corrected chi connectivity index (χ2v) is 14.6. The van der Waals surface area contributed by atoms with Gasteiger partial charge in [0.05, 0.1) is 28.5 Å². The van der Waals surface area contributed by atoms with Crippen molar-refractivity contribution in [3.05, 3.63) is 168 Å². The summed E-state index contributed by atoms with van der Waals surface area (Å²) in [7, 11) is 0. The van der Waals surface area contributed by atoms with E-state index in [-0.39, 0.29) is 22.3 Å². The van der Waals surface area contributed by atoms with E-state index in [4.69, 9.17) is 68.0 Å². The Hall–Kier alpha value is -6.19. The Morgan fingerprint density at radius 3 is 1.37 bits per heavy atom. The zero-order chi connectivity index (χ0) is 42.4. The molecule has 2 heterocycles. The van der Waals surface area contributed by atoms with Gasteiger partial charge >= 0.3 is 29.8 Å². The van der Waals surface area contributed by atoms with Gasteiger partial charge in [-0.15, -0.1) is 0 Å². The average molecular weight is 867 g/mol. The second-order valence-electron chi connectivity index (χ2n) is 12.3. The van der Waals surface area contributed by atoms with Gasteiger partial charge in [-0.3, -0.25) is 4.79 Å². The number of rotatable bonds is 11. The minimum atomic E-state index is -1.94. The first-order valence-electron chi connectivity index (χ1n) is 17.5. The van der Waals surface area contributed by atoms with E-state index in [1.165, 1.54) is 60.9 Å². The molecule has 2 aliphatic heterocycles. The summed E-state index contributed by atoms with van der Waals surface area (Å²) < 4.78 is 38.8. The fourth-order valence-corrected chi connectivity index (χ4v) is 5.32. The maximum Gasteiger partial charge on any atom is 0.353 e. The Labute approximate surface area is 352 Å². The van der Waals surface area contributed by atoms with Crippen molar-refractivity contribution in [2.24, 2.45) is 5.73 Å². The summed E-state index contributed by atoms with van der Waals surface area (Å²) in [5.41, 5.74) is 5.11. The first-order valence-corrected chi connectivity index (χ1v) is 18.7. The number of benzene rings is 4. The number of alkyl halides is 3. The molecule has 14 nitrogen and oxygen atoms in total. The second kappa shape index (κ2) is 21.0. The third-order valence-corrected chi connectivity index (χ3v) is 8.74. The number of carbonyl (C=O) groups is 6. The smallest absolute Gasteiger partial charge is 0.353 e. The summed E-state index contributed by atoms with van der Waals surface area (Å²) in [6.45, 7) is -0.574. The molecule has 306 valence electrons. The Balaban J connectivity index is 0.000000867. The van der Waals surface area contributed by atoms with E-state index in [0.717, 1.165) is 0 Å². The predicted octanol–water partition coefficient (Wildman–Crippen LogP) is 6.10. The van der Waals surface area contributed by atoms with Crippen LogP contribution in [0.5, 0.6) is 0 Å². The lowest BCUT2D eigenvalue weighted by Crippen LogP contribution is -2.63. The summed E-state index contributed by atoms with van der Waals surface area (Å²) in [4.78, 5) is 77.1. The first kappa shape index (κ1) is 43.9. The van der Waals surface area contributed by atoms with Crippen LogP contribution >= 0.6 is 34.8 Å². The van der Waals surface area contributed by atoms with E-state index >= 15 is 0 Å². The zero-order valence-electron chi connectivity index (χ0n) is 30.5. The van der Waals surface area contributed by atoms with Crippen LogP contribution in [0.1, 0.15) is 41.4 Å². The molecule has 0 bridgehead atoms. The lowest BCUT2D eigenvalue weighted by atomic mass is 9.97. The SMILES string of the molecule is NC(=O)C(Cl)(Cl)Cl.O=C(OC[C@H]1OC(OC(=O)C2C=CC=CO2)[C@@H](OC(=O)c2ccccc2)[C@@H](OC(=O)c2ccccc2)[C@@H]1OC(=O)c1ccccc1)c1ccccc1. The lowest BCUT2D eigenvalue weighted by molar-refractivity contribution is -0.291. The molecule has 4 aromatic carbocycles. The molecule has 17 heteroatoms. The highest BCUT2D eigenvalue weighted by molar-refractivity contribution is 6.76. The molecular weight excluding hydrogens is 833 g/mol. The number of halogens is 3. The molecule has 0 aromatic heterocycles. The van der Waals surface area contributed by atoms with Gasteiger partial charge in [-0.25, -0.2) is 24.0 Å². The highest BCUT2D eigenvalue weighted by Crippen LogP contribution is 2.32. The highest BCUT2D eigenvalue weighted by atomic mass is 35.6. The van der Waals surface area contributed by atoms with Crippen molar-refractivity contribution in [1.29, 1.82) is 0 Å². The molecule has 0 radical (unpaired) electrons. The van der Waals surface area contributed by atoms with Crippen LogP contribution in [-0.4, -0.2) is 83.0 Å². The molecule has 0 saturated carbocycles. The number of hydrogen-bond acceptors (Lipinski definition) is 13. The van der Waals surface area contributed by atoms with E-state index in [1.807, 2.05) is 0 Å². The molecule has 1 fully saturated rings. The van der Waals surface area contributed by atoms with Gasteiger partial charge in [-0.2, -0.15) is 0 Å². The summed E-state index contributed by atoms with van der Waals surface area (Å²) >= 11 is 14.8. The molecule has 4 aromatic rings. The van der Waals surface area contributed by atoms with Crippen molar-refractivity contribution in [1.82, 2.24) is 0 Å². The van der Waals surface area contributed by atoms with Crippen LogP contribution in [0.25, 0.3) is 0 Å². The normalized spacial score (nSPS) is 20.6. The van der Waals surface area contributed by atoms with E-state index < -0.39 is 83.0 Å². The van der Waals surface area contributed by atoms with Gasteiger partial charge in [0.2, 0.25) is 18.5 Å². The van der Waals surface area contributed by atoms with Crippen molar-refractivity contribution >= 4 is 70.6 Å². The standard InChI is InChI=1S/C40H32O12.C2H2Cl3NO/c41-35(26-15-5-1-6-16-26)47-25-31-32(49-36(42)27-17-7-2-8-18-27)33(50-37(43)28-19-9-3-10-20-28)34(51-38(44)29-21-11-4-12-22-29)40(48-31)52-39(45)30-23-13-14-24-46-30;3-2(4,5)1(6)7/h1-24,30-34,40H,25H2;(H2,6,7)/t30?,31-,32-,33+,34+,40?;/m1./s1. The maximum atomic E-state index is 13.7. The third kappa shape index (κ3) is 12.6. The van der Waals surface area contributed by atoms with Gasteiger partial charge in [-0.05, 0) is 60.7 Å². The summed E-state index contributed by atoms with van der Waals surface area (Å²) in [5, 5.41) is 0. The number of ether oxygens (including phenoxy) is 7. The van der Waals surface area contributed by atoms with Crippen molar-refractivity contribution in [3.63, 3.8) is 0 Å². The summed E-state index contributed by atoms with van der Waals surface area (Å²) in [6.07, 6.45) is -3.56. The van der Waals surface area contributed by atoms with Crippen LogP contribution in [-0.2, 0) is 42.7 Å². The minimum Gasteiger partial charge on any atom is -0.482 e. The number of hydrogen-bond donors (Lipinski definition) is 1. The molecule has 2 unspecified atom stereocenters. The van der Waals surface area contributed by atoms with Crippen LogP contribution in [0.15, 0.2) is 146 Å². The average Bonchev–Trinajstić information content (AvgIpc) is 3.26. The zero-order valence-corrected chi connectivity index (χ0v) is 32.8. The van der Waals surface area contributed by atoms with Crippen molar-refractivity contribution < 1.29 is 61.9 Å². The van der Waals surface area contributed by atoms with Gasteiger partial charge in [0.15, 0.2) is 12.2 Å². The van der Waals surface area contributed by atoms with Crippen LogP contribution in [0.3, 0.4) is 0 Å². The molecular formula is C42H34Cl3NO13. The molecule has 1 amide bonds. The Morgan fingerprint density at radius 2 is 0.966 bits per heavy atom. The Morgan fingerprint density at radius 1 is 0.559 bits per heavy atom. The molecule has 0 spiro atoms. The van der Waals surface area contributed by atoms with Crippen molar-refractivity contribution in [3.8, 4) is 0 Å². The molecule has 59 heavy (non-hydrogen) atoms. The number of carbonyl (C=O) groups excluding carboxylic acids is 6. The van der Waals surface area contributed by atoms with Gasteiger partial charge in [-0.1, -0.05) is 114 Å². The van der Waals surface area contributed by atoms with Crippen LogP contribution in [0.4, 0.5) is 0 Å². The molecule has 1 saturated heterocycles. The molecule has 0 aliphatic carbocycles. The molecule has 2 aliphatic rings. The summed E-state index contributed by atoms with van der Waals surface area (Å²) in [6, 6.07) is 31.9. The largest absolute Gasteiger partial charge is 0.482 e. The van der Waals surface area contributed by atoms with E-state index in [2.05, 4.69) is 5.73 Å². The number of esters is 5.